The fraction of sp³-hybridized carbons (Fsp3) is 0.850. The summed E-state index contributed by atoms with van der Waals surface area (Å²) in [6.07, 6.45) is 10.2. The van der Waals surface area contributed by atoms with Crippen LogP contribution in [0.5, 0.6) is 0 Å². The lowest BCUT2D eigenvalue weighted by Gasteiger charge is -2.30. The molecule has 1 unspecified atom stereocenters. The summed E-state index contributed by atoms with van der Waals surface area (Å²) in [7, 11) is 0. The Labute approximate surface area is 142 Å². The van der Waals surface area contributed by atoms with Crippen molar-refractivity contribution in [2.75, 3.05) is 13.2 Å². The molecular formula is C20H36O3. The zero-order valence-electron chi connectivity index (χ0n) is 15.4. The highest BCUT2D eigenvalue weighted by molar-refractivity contribution is 5.86. The number of hydrogen-bond acceptors (Lipinski definition) is 3. The van der Waals surface area contributed by atoms with Crippen LogP contribution in [0.15, 0.2) is 12.2 Å². The lowest BCUT2D eigenvalue weighted by molar-refractivity contribution is -0.140. The first-order chi connectivity index (χ1) is 10.9. The molecule has 0 heterocycles. The van der Waals surface area contributed by atoms with Gasteiger partial charge in [-0.15, -0.1) is 0 Å². The molecule has 23 heavy (non-hydrogen) atoms. The van der Waals surface area contributed by atoms with Crippen molar-refractivity contribution >= 4 is 5.97 Å². The SMILES string of the molecule is C=C(C)C(=O)OCC(CO)CC1CCC(CCCC(C)C)CC1. The van der Waals surface area contributed by atoms with E-state index >= 15 is 0 Å². The molecule has 1 aliphatic carbocycles. The summed E-state index contributed by atoms with van der Waals surface area (Å²) in [5.41, 5.74) is 0.420. The molecule has 0 radical (unpaired) electrons. The van der Waals surface area contributed by atoms with Gasteiger partial charge in [-0.2, -0.15) is 0 Å². The molecule has 0 aromatic heterocycles. The van der Waals surface area contributed by atoms with Crippen molar-refractivity contribution in [1.82, 2.24) is 0 Å². The number of esters is 1. The van der Waals surface area contributed by atoms with E-state index in [1.165, 1.54) is 44.9 Å². The average Bonchev–Trinajstić information content (AvgIpc) is 2.52. The van der Waals surface area contributed by atoms with Gasteiger partial charge in [0, 0.05) is 18.1 Å². The molecule has 0 saturated heterocycles. The fourth-order valence-corrected chi connectivity index (χ4v) is 3.55. The first-order valence-electron chi connectivity index (χ1n) is 9.35. The van der Waals surface area contributed by atoms with Crippen molar-refractivity contribution in [3.63, 3.8) is 0 Å². The van der Waals surface area contributed by atoms with Gasteiger partial charge >= 0.3 is 5.97 Å². The van der Waals surface area contributed by atoms with Crippen molar-refractivity contribution in [2.45, 2.75) is 72.1 Å². The van der Waals surface area contributed by atoms with Crippen molar-refractivity contribution in [1.29, 1.82) is 0 Å². The normalized spacial score (nSPS) is 22.8. The van der Waals surface area contributed by atoms with E-state index in [1.54, 1.807) is 6.92 Å². The molecule has 0 bridgehead atoms. The Morgan fingerprint density at radius 1 is 1.22 bits per heavy atom. The van der Waals surface area contributed by atoms with E-state index in [-0.39, 0.29) is 18.5 Å². The largest absolute Gasteiger partial charge is 0.462 e. The molecule has 1 N–H and O–H groups in total. The van der Waals surface area contributed by atoms with Gasteiger partial charge in [0.05, 0.1) is 6.61 Å². The summed E-state index contributed by atoms with van der Waals surface area (Å²) in [5, 5.41) is 9.51. The van der Waals surface area contributed by atoms with Crippen molar-refractivity contribution in [3.8, 4) is 0 Å². The van der Waals surface area contributed by atoms with Gasteiger partial charge < -0.3 is 9.84 Å². The van der Waals surface area contributed by atoms with Crippen LogP contribution in [0, 0.1) is 23.7 Å². The minimum absolute atomic E-state index is 0.0702. The van der Waals surface area contributed by atoms with Gasteiger partial charge in [0.2, 0.25) is 0 Å². The number of ether oxygens (including phenoxy) is 1. The van der Waals surface area contributed by atoms with Crippen LogP contribution in [-0.4, -0.2) is 24.3 Å². The van der Waals surface area contributed by atoms with E-state index < -0.39 is 0 Å². The number of carbonyl (C=O) groups excluding carboxylic acids is 1. The highest BCUT2D eigenvalue weighted by Gasteiger charge is 2.24. The van der Waals surface area contributed by atoms with Gasteiger partial charge in [-0.3, -0.25) is 0 Å². The topological polar surface area (TPSA) is 46.5 Å². The second-order valence-corrected chi connectivity index (χ2v) is 7.87. The number of aliphatic hydroxyl groups excluding tert-OH is 1. The lowest BCUT2D eigenvalue weighted by Crippen LogP contribution is -2.23. The molecule has 1 rings (SSSR count). The van der Waals surface area contributed by atoms with Gasteiger partial charge in [0.1, 0.15) is 0 Å². The molecule has 0 aromatic carbocycles. The third-order valence-corrected chi connectivity index (χ3v) is 5.08. The minimum atomic E-state index is -0.350. The third-order valence-electron chi connectivity index (χ3n) is 5.08. The van der Waals surface area contributed by atoms with E-state index in [1.807, 2.05) is 0 Å². The Balaban J connectivity index is 2.22. The Kier molecular flexibility index (Phi) is 9.54. The van der Waals surface area contributed by atoms with Crippen molar-refractivity contribution in [2.24, 2.45) is 23.7 Å². The highest BCUT2D eigenvalue weighted by Crippen LogP contribution is 2.35. The van der Waals surface area contributed by atoms with Crippen LogP contribution in [0.1, 0.15) is 72.1 Å². The minimum Gasteiger partial charge on any atom is -0.462 e. The number of carbonyl (C=O) groups is 1. The summed E-state index contributed by atoms with van der Waals surface area (Å²) in [5.74, 6) is 2.12. The van der Waals surface area contributed by atoms with Crippen LogP contribution in [0.25, 0.3) is 0 Å². The van der Waals surface area contributed by atoms with E-state index in [2.05, 4.69) is 20.4 Å². The van der Waals surface area contributed by atoms with E-state index in [4.69, 9.17) is 4.74 Å². The first kappa shape index (κ1) is 20.2. The van der Waals surface area contributed by atoms with Crippen LogP contribution < -0.4 is 0 Å². The quantitative estimate of drug-likeness (QED) is 0.466. The van der Waals surface area contributed by atoms with Gasteiger partial charge in [-0.1, -0.05) is 65.4 Å². The molecule has 3 heteroatoms. The molecule has 134 valence electrons. The third kappa shape index (κ3) is 8.55. The Morgan fingerprint density at radius 2 is 1.83 bits per heavy atom. The maximum absolute atomic E-state index is 11.4. The van der Waals surface area contributed by atoms with Gasteiger partial charge in [0.25, 0.3) is 0 Å². The smallest absolute Gasteiger partial charge is 0.333 e. The zero-order valence-corrected chi connectivity index (χ0v) is 15.4. The molecule has 1 fully saturated rings. The fourth-order valence-electron chi connectivity index (χ4n) is 3.55. The maximum atomic E-state index is 11.4. The zero-order chi connectivity index (χ0) is 17.2. The molecule has 0 aliphatic heterocycles. The van der Waals surface area contributed by atoms with Crippen LogP contribution in [0.3, 0.4) is 0 Å². The monoisotopic (exact) mass is 324 g/mol. The van der Waals surface area contributed by atoms with Gasteiger partial charge in [0.15, 0.2) is 0 Å². The molecule has 0 amide bonds. The predicted molar refractivity (Wildman–Crippen MR) is 95.1 cm³/mol. The summed E-state index contributed by atoms with van der Waals surface area (Å²) >= 11 is 0. The van der Waals surface area contributed by atoms with Crippen molar-refractivity contribution < 1.29 is 14.6 Å². The molecule has 1 saturated carbocycles. The molecule has 3 nitrogen and oxygen atoms in total. The standard InChI is InChI=1S/C20H36O3/c1-15(2)6-5-7-17-8-10-18(11-9-17)12-19(13-21)14-23-20(22)16(3)4/h15,17-19,21H,3,5-14H2,1-2,4H3. The summed E-state index contributed by atoms with van der Waals surface area (Å²) < 4.78 is 5.20. The number of aliphatic hydroxyl groups is 1. The maximum Gasteiger partial charge on any atom is 0.333 e. The Hall–Kier alpha value is -0.830. The van der Waals surface area contributed by atoms with E-state index in [9.17, 15) is 9.90 Å². The predicted octanol–water partition coefficient (Wildman–Crippen LogP) is 4.74. The second kappa shape index (κ2) is 10.9. The van der Waals surface area contributed by atoms with Crippen molar-refractivity contribution in [3.05, 3.63) is 12.2 Å². The number of hydrogen-bond donors (Lipinski definition) is 1. The first-order valence-corrected chi connectivity index (χ1v) is 9.35. The van der Waals surface area contributed by atoms with Crippen LogP contribution in [-0.2, 0) is 9.53 Å². The molecule has 1 aliphatic rings. The van der Waals surface area contributed by atoms with Crippen LogP contribution in [0.2, 0.25) is 0 Å². The van der Waals surface area contributed by atoms with Crippen LogP contribution in [0.4, 0.5) is 0 Å². The molecule has 0 aromatic rings. The lowest BCUT2D eigenvalue weighted by atomic mass is 9.76. The highest BCUT2D eigenvalue weighted by atomic mass is 16.5. The average molecular weight is 325 g/mol. The Morgan fingerprint density at radius 3 is 2.35 bits per heavy atom. The van der Waals surface area contributed by atoms with Gasteiger partial charge in [-0.05, 0) is 31.1 Å². The second-order valence-electron chi connectivity index (χ2n) is 7.87. The summed E-state index contributed by atoms with van der Waals surface area (Å²) in [6, 6.07) is 0. The molecule has 1 atom stereocenters. The molecule has 0 spiro atoms. The van der Waals surface area contributed by atoms with Gasteiger partial charge in [-0.25, -0.2) is 4.79 Å². The summed E-state index contributed by atoms with van der Waals surface area (Å²) in [4.78, 5) is 11.4. The number of rotatable bonds is 10. The Bertz CT molecular complexity index is 354. The summed E-state index contributed by atoms with van der Waals surface area (Å²) in [6.45, 7) is 10.2. The van der Waals surface area contributed by atoms with E-state index in [0.29, 0.717) is 18.1 Å². The van der Waals surface area contributed by atoms with Crippen LogP contribution >= 0.6 is 0 Å². The molecular weight excluding hydrogens is 288 g/mol. The van der Waals surface area contributed by atoms with E-state index in [0.717, 1.165) is 18.3 Å².